The molecule has 1 N–H and O–H groups in total. The van der Waals surface area contributed by atoms with E-state index in [-0.39, 0.29) is 6.04 Å². The van der Waals surface area contributed by atoms with E-state index in [1.165, 1.54) is 10.9 Å². The van der Waals surface area contributed by atoms with Gasteiger partial charge in [-0.25, -0.2) is 0 Å². The summed E-state index contributed by atoms with van der Waals surface area (Å²) in [5, 5.41) is 5.64. The summed E-state index contributed by atoms with van der Waals surface area (Å²) in [4.78, 5) is 4.27. The zero-order chi connectivity index (χ0) is 11.4. The molecule has 0 aliphatic heterocycles. The second-order valence-corrected chi connectivity index (χ2v) is 3.75. The van der Waals surface area contributed by atoms with Crippen molar-refractivity contribution in [2.24, 2.45) is 0 Å². The van der Waals surface area contributed by atoms with Crippen molar-refractivity contribution in [3.05, 3.63) is 42.2 Å². The van der Waals surface area contributed by atoms with E-state index >= 15 is 0 Å². The zero-order valence-corrected chi connectivity index (χ0v) is 9.60. The maximum atomic E-state index is 5.21. The lowest BCUT2D eigenvalue weighted by Crippen LogP contribution is -2.21. The summed E-state index contributed by atoms with van der Waals surface area (Å²) in [6.07, 6.45) is 3.79. The Balaban J connectivity index is 2.50. The van der Waals surface area contributed by atoms with Crippen LogP contribution in [0.25, 0.3) is 10.8 Å². The molecule has 1 unspecified atom stereocenters. The fourth-order valence-corrected chi connectivity index (χ4v) is 1.91. The van der Waals surface area contributed by atoms with E-state index in [0.717, 1.165) is 5.39 Å². The van der Waals surface area contributed by atoms with E-state index in [1.54, 1.807) is 7.11 Å². The molecule has 16 heavy (non-hydrogen) atoms. The van der Waals surface area contributed by atoms with Gasteiger partial charge in [-0.15, -0.1) is 0 Å². The van der Waals surface area contributed by atoms with E-state index in [0.29, 0.717) is 6.61 Å². The van der Waals surface area contributed by atoms with Gasteiger partial charge in [-0.2, -0.15) is 0 Å². The molecule has 0 radical (unpaired) electrons. The minimum atomic E-state index is 0.184. The molecular weight excluding hydrogens is 200 g/mol. The molecule has 84 valence electrons. The fourth-order valence-electron chi connectivity index (χ4n) is 1.91. The third kappa shape index (κ3) is 2.05. The van der Waals surface area contributed by atoms with Gasteiger partial charge in [0.15, 0.2) is 0 Å². The van der Waals surface area contributed by atoms with E-state index in [2.05, 4.69) is 22.4 Å². The molecule has 0 bridgehead atoms. The van der Waals surface area contributed by atoms with Crippen molar-refractivity contribution in [2.75, 3.05) is 20.8 Å². The number of benzene rings is 1. The summed E-state index contributed by atoms with van der Waals surface area (Å²) in [6.45, 7) is 0.645. The summed E-state index contributed by atoms with van der Waals surface area (Å²) in [7, 11) is 3.65. The van der Waals surface area contributed by atoms with Gasteiger partial charge < -0.3 is 10.1 Å². The van der Waals surface area contributed by atoms with Crippen molar-refractivity contribution < 1.29 is 4.74 Å². The average molecular weight is 216 g/mol. The molecule has 0 saturated carbocycles. The largest absolute Gasteiger partial charge is 0.383 e. The molecule has 1 heterocycles. The Kier molecular flexibility index (Phi) is 3.49. The molecule has 0 saturated heterocycles. The highest BCUT2D eigenvalue weighted by Crippen LogP contribution is 2.22. The molecule has 3 heteroatoms. The molecule has 0 fully saturated rings. The molecular formula is C13H16N2O. The van der Waals surface area contributed by atoms with Crippen LogP contribution in [0, 0.1) is 0 Å². The van der Waals surface area contributed by atoms with Gasteiger partial charge in [0, 0.05) is 24.9 Å². The Hall–Kier alpha value is -1.45. The number of rotatable bonds is 4. The summed E-state index contributed by atoms with van der Waals surface area (Å²) in [6, 6.07) is 8.45. The van der Waals surface area contributed by atoms with Gasteiger partial charge in [0.1, 0.15) is 0 Å². The van der Waals surface area contributed by atoms with Gasteiger partial charge in [0.2, 0.25) is 0 Å². The topological polar surface area (TPSA) is 34.1 Å². The first-order chi connectivity index (χ1) is 7.86. The molecule has 1 atom stereocenters. The number of likely N-dealkylation sites (N-methyl/N-ethyl adjacent to an activating group) is 1. The first-order valence-corrected chi connectivity index (χ1v) is 5.35. The number of hydrogen-bond acceptors (Lipinski definition) is 3. The van der Waals surface area contributed by atoms with Gasteiger partial charge in [-0.1, -0.05) is 24.3 Å². The smallest absolute Gasteiger partial charge is 0.0658 e. The monoisotopic (exact) mass is 216 g/mol. The number of pyridine rings is 1. The summed E-state index contributed by atoms with van der Waals surface area (Å²) >= 11 is 0. The van der Waals surface area contributed by atoms with Crippen LogP contribution < -0.4 is 5.32 Å². The summed E-state index contributed by atoms with van der Waals surface area (Å²) < 4.78 is 5.21. The lowest BCUT2D eigenvalue weighted by molar-refractivity contribution is 0.170. The fraction of sp³-hybridized carbons (Fsp3) is 0.308. The van der Waals surface area contributed by atoms with Crippen LogP contribution in [0.2, 0.25) is 0 Å². The molecule has 2 rings (SSSR count). The van der Waals surface area contributed by atoms with Gasteiger partial charge in [0.05, 0.1) is 12.6 Å². The number of ether oxygens (including phenoxy) is 1. The van der Waals surface area contributed by atoms with E-state index in [9.17, 15) is 0 Å². The number of aromatic nitrogens is 1. The number of hydrogen-bond donors (Lipinski definition) is 1. The molecule has 2 aromatic rings. The van der Waals surface area contributed by atoms with Gasteiger partial charge >= 0.3 is 0 Å². The van der Waals surface area contributed by atoms with E-state index < -0.39 is 0 Å². The Labute approximate surface area is 95.5 Å². The number of nitrogens with one attached hydrogen (secondary N) is 1. The highest BCUT2D eigenvalue weighted by Gasteiger charge is 2.12. The quantitative estimate of drug-likeness (QED) is 0.850. The third-order valence-electron chi connectivity index (χ3n) is 2.76. The first-order valence-electron chi connectivity index (χ1n) is 5.35. The van der Waals surface area contributed by atoms with Gasteiger partial charge in [0.25, 0.3) is 0 Å². The number of methoxy groups -OCH3 is 1. The van der Waals surface area contributed by atoms with Crippen LogP contribution in [0.15, 0.2) is 36.7 Å². The van der Waals surface area contributed by atoms with Crippen LogP contribution in [-0.2, 0) is 4.74 Å². The molecule has 0 aliphatic carbocycles. The summed E-state index contributed by atoms with van der Waals surface area (Å²) in [5.74, 6) is 0. The standard InChI is InChI=1S/C13H16N2O/c1-14-13(9-16-2)12-8-15-7-10-5-3-4-6-11(10)12/h3-8,13-14H,9H2,1-2H3. The second kappa shape index (κ2) is 5.05. The lowest BCUT2D eigenvalue weighted by Gasteiger charge is -2.17. The Morgan fingerprint density at radius 3 is 2.88 bits per heavy atom. The van der Waals surface area contributed by atoms with E-state index in [4.69, 9.17) is 4.74 Å². The van der Waals surface area contributed by atoms with Crippen molar-refractivity contribution in [3.8, 4) is 0 Å². The Morgan fingerprint density at radius 1 is 1.31 bits per heavy atom. The Morgan fingerprint density at radius 2 is 2.12 bits per heavy atom. The van der Waals surface area contributed by atoms with Crippen LogP contribution in [-0.4, -0.2) is 25.7 Å². The van der Waals surface area contributed by atoms with Gasteiger partial charge in [-0.3, -0.25) is 4.98 Å². The molecule has 0 amide bonds. The molecule has 3 nitrogen and oxygen atoms in total. The maximum absolute atomic E-state index is 5.21. The number of nitrogens with zero attached hydrogens (tertiary/aromatic N) is 1. The minimum Gasteiger partial charge on any atom is -0.383 e. The van der Waals surface area contributed by atoms with Crippen molar-refractivity contribution in [3.63, 3.8) is 0 Å². The Bertz CT molecular complexity index is 465. The highest BCUT2D eigenvalue weighted by atomic mass is 16.5. The second-order valence-electron chi connectivity index (χ2n) is 3.75. The first kappa shape index (κ1) is 11.0. The predicted octanol–water partition coefficient (Wildman–Crippen LogP) is 2.14. The van der Waals surface area contributed by atoms with Crippen molar-refractivity contribution in [1.82, 2.24) is 10.3 Å². The van der Waals surface area contributed by atoms with Crippen molar-refractivity contribution in [2.45, 2.75) is 6.04 Å². The maximum Gasteiger partial charge on any atom is 0.0658 e. The van der Waals surface area contributed by atoms with Crippen molar-refractivity contribution in [1.29, 1.82) is 0 Å². The van der Waals surface area contributed by atoms with Gasteiger partial charge in [-0.05, 0) is 18.0 Å². The number of fused-ring (bicyclic) bond motifs is 1. The summed E-state index contributed by atoms with van der Waals surface area (Å²) in [5.41, 5.74) is 1.18. The average Bonchev–Trinajstić information content (AvgIpc) is 2.35. The van der Waals surface area contributed by atoms with Crippen molar-refractivity contribution >= 4 is 10.8 Å². The van der Waals surface area contributed by atoms with Crippen LogP contribution in [0.4, 0.5) is 0 Å². The molecule has 0 aliphatic rings. The van der Waals surface area contributed by atoms with Crippen LogP contribution >= 0.6 is 0 Å². The molecule has 0 spiro atoms. The lowest BCUT2D eigenvalue weighted by atomic mass is 10.0. The SMILES string of the molecule is CNC(COC)c1cncc2ccccc12. The normalized spacial score (nSPS) is 12.9. The van der Waals surface area contributed by atoms with Crippen LogP contribution in [0.5, 0.6) is 0 Å². The van der Waals surface area contributed by atoms with E-state index in [1.807, 2.05) is 31.6 Å². The molecule has 1 aromatic heterocycles. The minimum absolute atomic E-state index is 0.184. The third-order valence-corrected chi connectivity index (χ3v) is 2.76. The zero-order valence-electron chi connectivity index (χ0n) is 9.60. The predicted molar refractivity (Wildman–Crippen MR) is 65.4 cm³/mol. The van der Waals surface area contributed by atoms with Crippen LogP contribution in [0.1, 0.15) is 11.6 Å². The van der Waals surface area contributed by atoms with Crippen LogP contribution in [0.3, 0.4) is 0 Å². The molecule has 1 aromatic carbocycles. The highest BCUT2D eigenvalue weighted by molar-refractivity contribution is 5.85.